The molecule has 2 fully saturated rings. The van der Waals surface area contributed by atoms with Gasteiger partial charge in [-0.2, -0.15) is 0 Å². The van der Waals surface area contributed by atoms with Crippen LogP contribution in [0.15, 0.2) is 12.1 Å². The molecular formula is C18H25N7OS. The zero-order chi connectivity index (χ0) is 18.6. The molecule has 0 saturated carbocycles. The molecule has 0 atom stereocenters. The summed E-state index contributed by atoms with van der Waals surface area (Å²) in [7, 11) is 0. The lowest BCUT2D eigenvalue weighted by molar-refractivity contribution is 0.0750. The summed E-state index contributed by atoms with van der Waals surface area (Å²) in [6, 6.07) is 4.11. The molecule has 4 heterocycles. The monoisotopic (exact) mass is 387 g/mol. The van der Waals surface area contributed by atoms with Crippen molar-refractivity contribution < 1.29 is 4.79 Å². The first-order valence-electron chi connectivity index (χ1n) is 9.70. The fourth-order valence-electron chi connectivity index (χ4n) is 3.66. The summed E-state index contributed by atoms with van der Waals surface area (Å²) in [5.74, 6) is 1.91. The molecule has 0 radical (unpaired) electrons. The number of carbonyl (C=O) groups is 1. The molecule has 2 aliphatic rings. The molecule has 0 aromatic carbocycles. The molecule has 4 rings (SSSR count). The van der Waals surface area contributed by atoms with Gasteiger partial charge in [-0.25, -0.2) is 0 Å². The van der Waals surface area contributed by atoms with Gasteiger partial charge in [0, 0.05) is 39.3 Å². The Morgan fingerprint density at radius 2 is 1.59 bits per heavy atom. The van der Waals surface area contributed by atoms with Gasteiger partial charge < -0.3 is 14.7 Å². The van der Waals surface area contributed by atoms with E-state index >= 15 is 0 Å². The minimum atomic E-state index is 0.0589. The van der Waals surface area contributed by atoms with Crippen LogP contribution in [0.1, 0.15) is 41.6 Å². The van der Waals surface area contributed by atoms with Gasteiger partial charge in [0.25, 0.3) is 5.91 Å². The van der Waals surface area contributed by atoms with Crippen LogP contribution >= 0.6 is 11.5 Å². The quantitative estimate of drug-likeness (QED) is 0.775. The molecule has 144 valence electrons. The van der Waals surface area contributed by atoms with Crippen molar-refractivity contribution in [3.8, 4) is 0 Å². The predicted molar refractivity (Wildman–Crippen MR) is 105 cm³/mol. The third kappa shape index (κ3) is 3.87. The maximum atomic E-state index is 12.8. The van der Waals surface area contributed by atoms with E-state index in [4.69, 9.17) is 0 Å². The molecule has 2 aromatic rings. The summed E-state index contributed by atoms with van der Waals surface area (Å²) in [6.45, 7) is 7.11. The third-order valence-electron chi connectivity index (χ3n) is 5.19. The summed E-state index contributed by atoms with van der Waals surface area (Å²) in [5.41, 5.74) is 0.832. The number of aromatic nitrogens is 4. The van der Waals surface area contributed by atoms with Crippen molar-refractivity contribution in [2.45, 2.75) is 32.6 Å². The normalized spacial score (nSPS) is 17.6. The lowest BCUT2D eigenvalue weighted by Gasteiger charge is -2.35. The van der Waals surface area contributed by atoms with Crippen molar-refractivity contribution in [1.29, 1.82) is 0 Å². The Balaban J connectivity index is 1.35. The number of aryl methyl sites for hydroxylation is 1. The van der Waals surface area contributed by atoms with Gasteiger partial charge in [0.05, 0.1) is 5.69 Å². The zero-order valence-electron chi connectivity index (χ0n) is 15.7. The van der Waals surface area contributed by atoms with E-state index < -0.39 is 0 Å². The van der Waals surface area contributed by atoms with Crippen LogP contribution in [0, 0.1) is 0 Å². The predicted octanol–water partition coefficient (Wildman–Crippen LogP) is 1.84. The SMILES string of the molecule is CCCc1nnsc1C(=O)N1CCN(c2ccc(N3CCCC3)nn2)CC1. The Bertz CT molecular complexity index is 764. The van der Waals surface area contributed by atoms with Gasteiger partial charge in [0.15, 0.2) is 11.6 Å². The van der Waals surface area contributed by atoms with Gasteiger partial charge in [-0.3, -0.25) is 4.79 Å². The summed E-state index contributed by atoms with van der Waals surface area (Å²) >= 11 is 1.21. The van der Waals surface area contributed by atoms with Crippen LogP contribution in [0.5, 0.6) is 0 Å². The molecule has 0 N–H and O–H groups in total. The van der Waals surface area contributed by atoms with E-state index in [0.29, 0.717) is 18.0 Å². The first-order valence-corrected chi connectivity index (χ1v) is 10.5. The molecule has 2 saturated heterocycles. The number of piperazine rings is 1. The summed E-state index contributed by atoms with van der Waals surface area (Å²) in [5, 5.41) is 12.9. The average Bonchev–Trinajstić information content (AvgIpc) is 3.40. The van der Waals surface area contributed by atoms with Gasteiger partial charge >= 0.3 is 0 Å². The van der Waals surface area contributed by atoms with Crippen molar-refractivity contribution in [3.05, 3.63) is 22.7 Å². The number of nitrogens with zero attached hydrogens (tertiary/aromatic N) is 7. The molecule has 0 bridgehead atoms. The largest absolute Gasteiger partial charge is 0.355 e. The molecule has 0 spiro atoms. The van der Waals surface area contributed by atoms with E-state index in [9.17, 15) is 4.79 Å². The summed E-state index contributed by atoms with van der Waals surface area (Å²) in [6.07, 6.45) is 4.23. The van der Waals surface area contributed by atoms with Gasteiger partial charge in [-0.1, -0.05) is 17.8 Å². The van der Waals surface area contributed by atoms with Crippen LogP contribution in [-0.4, -0.2) is 69.9 Å². The molecule has 9 heteroatoms. The van der Waals surface area contributed by atoms with Crippen molar-refractivity contribution in [2.75, 3.05) is 49.1 Å². The lowest BCUT2D eigenvalue weighted by Crippen LogP contribution is -2.49. The van der Waals surface area contributed by atoms with Gasteiger partial charge in [-0.05, 0) is 42.9 Å². The molecule has 0 unspecified atom stereocenters. The number of hydrogen-bond donors (Lipinski definition) is 0. The summed E-state index contributed by atoms with van der Waals surface area (Å²) < 4.78 is 3.97. The Labute approximate surface area is 163 Å². The second-order valence-electron chi connectivity index (χ2n) is 7.02. The van der Waals surface area contributed by atoms with Crippen molar-refractivity contribution in [1.82, 2.24) is 24.7 Å². The number of carbonyl (C=O) groups excluding carboxylic acids is 1. The van der Waals surface area contributed by atoms with Gasteiger partial charge in [0.1, 0.15) is 4.88 Å². The maximum absolute atomic E-state index is 12.8. The zero-order valence-corrected chi connectivity index (χ0v) is 16.5. The number of hydrogen-bond acceptors (Lipinski definition) is 8. The maximum Gasteiger partial charge on any atom is 0.267 e. The lowest BCUT2D eigenvalue weighted by atomic mass is 10.2. The smallest absolute Gasteiger partial charge is 0.267 e. The van der Waals surface area contributed by atoms with E-state index in [1.54, 1.807) is 0 Å². The number of rotatable bonds is 5. The van der Waals surface area contributed by atoms with Gasteiger partial charge in [-0.15, -0.1) is 15.3 Å². The highest BCUT2D eigenvalue weighted by atomic mass is 32.1. The highest BCUT2D eigenvalue weighted by Crippen LogP contribution is 2.21. The van der Waals surface area contributed by atoms with Crippen molar-refractivity contribution in [2.24, 2.45) is 0 Å². The first-order chi connectivity index (χ1) is 13.3. The molecule has 27 heavy (non-hydrogen) atoms. The second kappa shape index (κ2) is 8.16. The number of anilines is 2. The van der Waals surface area contributed by atoms with Crippen LogP contribution in [0.3, 0.4) is 0 Å². The van der Waals surface area contributed by atoms with E-state index in [1.807, 2.05) is 11.0 Å². The van der Waals surface area contributed by atoms with E-state index in [-0.39, 0.29) is 5.91 Å². The van der Waals surface area contributed by atoms with Crippen LogP contribution in [-0.2, 0) is 6.42 Å². The number of amides is 1. The molecule has 8 nitrogen and oxygen atoms in total. The van der Waals surface area contributed by atoms with E-state index in [1.165, 1.54) is 24.4 Å². The minimum absolute atomic E-state index is 0.0589. The Kier molecular flexibility index (Phi) is 5.47. The Hall–Kier alpha value is -2.29. The average molecular weight is 388 g/mol. The Morgan fingerprint density at radius 3 is 2.19 bits per heavy atom. The molecule has 2 aromatic heterocycles. The van der Waals surface area contributed by atoms with E-state index in [0.717, 1.165) is 56.4 Å². The fraction of sp³-hybridized carbons (Fsp3) is 0.611. The topological polar surface area (TPSA) is 78.4 Å². The second-order valence-corrected chi connectivity index (χ2v) is 7.78. The molecule has 1 amide bonds. The highest BCUT2D eigenvalue weighted by molar-refractivity contribution is 7.08. The van der Waals surface area contributed by atoms with Crippen molar-refractivity contribution >= 4 is 29.1 Å². The van der Waals surface area contributed by atoms with Gasteiger partial charge in [0.2, 0.25) is 0 Å². The van der Waals surface area contributed by atoms with Crippen LogP contribution in [0.4, 0.5) is 11.6 Å². The Morgan fingerprint density at radius 1 is 0.963 bits per heavy atom. The molecular weight excluding hydrogens is 362 g/mol. The standard InChI is InChI=1S/C18H25N7OS/c1-2-5-14-17(27-22-19-14)18(26)25-12-10-24(11-13-25)16-7-6-15(20-21-16)23-8-3-4-9-23/h6-7H,2-5,8-13H2,1H3. The molecule has 2 aliphatic heterocycles. The van der Waals surface area contributed by atoms with Crippen LogP contribution < -0.4 is 9.80 Å². The minimum Gasteiger partial charge on any atom is -0.355 e. The van der Waals surface area contributed by atoms with Crippen molar-refractivity contribution in [3.63, 3.8) is 0 Å². The van der Waals surface area contributed by atoms with E-state index in [2.05, 4.69) is 42.6 Å². The molecule has 0 aliphatic carbocycles. The first kappa shape index (κ1) is 18.1. The fourth-order valence-corrected chi connectivity index (χ4v) is 4.33. The van der Waals surface area contributed by atoms with Crippen LogP contribution in [0.2, 0.25) is 0 Å². The summed E-state index contributed by atoms with van der Waals surface area (Å²) in [4.78, 5) is 19.9. The highest BCUT2D eigenvalue weighted by Gasteiger charge is 2.26. The third-order valence-corrected chi connectivity index (χ3v) is 5.95. The van der Waals surface area contributed by atoms with Crippen LogP contribution in [0.25, 0.3) is 0 Å².